The van der Waals surface area contributed by atoms with Crippen molar-refractivity contribution in [2.24, 2.45) is 108 Å². The molecule has 0 saturated heterocycles. The topological polar surface area (TPSA) is 0 Å². The average molecular weight is 577 g/mol. The van der Waals surface area contributed by atoms with Gasteiger partial charge in [-0.3, -0.25) is 0 Å². The molecule has 0 heterocycles. The molecule has 0 heteroatoms. The molecule has 2 atom stereocenters. The highest BCUT2D eigenvalue weighted by Gasteiger charge is 3.10. The lowest BCUT2D eigenvalue weighted by Crippen LogP contribution is -2.58. The fraction of sp³-hybridized carbons (Fsp3) is 1.00. The Morgan fingerprint density at radius 1 is 0.452 bits per heavy atom. The Morgan fingerprint density at radius 2 is 0.857 bits per heavy atom. The lowest BCUT2D eigenvalue weighted by atomic mass is 9.37. The summed E-state index contributed by atoms with van der Waals surface area (Å²) >= 11 is 0. The first kappa shape index (κ1) is 30.6. The predicted molar refractivity (Wildman–Crippen MR) is 180 cm³/mol. The average Bonchev–Trinajstić information content (AvgIpc) is 3.25. The van der Waals surface area contributed by atoms with Gasteiger partial charge in [-0.1, -0.05) is 104 Å². The van der Waals surface area contributed by atoms with Crippen molar-refractivity contribution in [3.05, 3.63) is 0 Å². The van der Waals surface area contributed by atoms with Gasteiger partial charge in [0.05, 0.1) is 0 Å². The molecule has 42 heavy (non-hydrogen) atoms. The zero-order valence-corrected chi connectivity index (χ0v) is 31.0. The van der Waals surface area contributed by atoms with Crippen molar-refractivity contribution in [1.82, 2.24) is 0 Å². The van der Waals surface area contributed by atoms with Crippen LogP contribution in [0.5, 0.6) is 0 Å². The van der Waals surface area contributed by atoms with Gasteiger partial charge in [-0.15, -0.1) is 0 Å². The van der Waals surface area contributed by atoms with Gasteiger partial charge >= 0.3 is 0 Å². The van der Waals surface area contributed by atoms with Crippen molar-refractivity contribution in [3.63, 3.8) is 0 Å². The standard InChI is InChI=1S/2C9H16.C8H12.2C8H14/c1-8(2,3)9-4-7(5-9)6-9;1-9(2,3)8-6-4-7(8)5-6;1-7(2,3)8-4-5(8)6(4)8;1-7(2,3)8-4-6(8)5-8;1-8(2,3)7-5-4-6(5)7/h7H,4-6H2,1-3H3;6-8H,4-5H2,1-3H3;4-6H,1-3H3;6H,4-5H2,1-3H3;5-7H,4H2,1-3H3. The molecule has 4 bridgehead atoms. The van der Waals surface area contributed by atoms with E-state index >= 15 is 0 Å². The number of rotatable bonds is 0. The van der Waals surface area contributed by atoms with Gasteiger partial charge in [0.25, 0.3) is 0 Å². The van der Waals surface area contributed by atoms with Crippen LogP contribution in [-0.2, 0) is 0 Å². The van der Waals surface area contributed by atoms with E-state index in [1.807, 2.05) is 0 Å². The highest BCUT2D eigenvalue weighted by molar-refractivity contribution is 5.56. The smallest absolute Gasteiger partial charge is 0.0146 e. The van der Waals surface area contributed by atoms with Crippen LogP contribution in [0.2, 0.25) is 0 Å². The fourth-order valence-corrected chi connectivity index (χ4v) is 11.9. The lowest BCUT2D eigenvalue weighted by molar-refractivity contribution is -0.181. The number of hydrogen-bond donors (Lipinski definition) is 0. The Labute approximate surface area is 263 Å². The molecule has 14 aliphatic rings. The molecule has 0 N–H and O–H groups in total. The van der Waals surface area contributed by atoms with E-state index in [-0.39, 0.29) is 0 Å². The Morgan fingerprint density at radius 3 is 0.857 bits per heavy atom. The second-order valence-electron chi connectivity index (χ2n) is 23.6. The molecule has 14 aliphatic carbocycles. The summed E-state index contributed by atoms with van der Waals surface area (Å²) in [6, 6.07) is 0. The summed E-state index contributed by atoms with van der Waals surface area (Å²) in [5.74, 6) is 12.8. The summed E-state index contributed by atoms with van der Waals surface area (Å²) in [4.78, 5) is 0. The largest absolute Gasteiger partial charge is 0.0599 e. The van der Waals surface area contributed by atoms with Crippen LogP contribution in [0.3, 0.4) is 0 Å². The Bertz CT molecular complexity index is 1010. The molecule has 0 aromatic carbocycles. The molecule has 14 saturated carbocycles. The second kappa shape index (κ2) is 8.28. The fourth-order valence-electron chi connectivity index (χ4n) is 11.9. The molecule has 0 aromatic rings. The maximum absolute atomic E-state index is 2.40. The maximum atomic E-state index is 2.40. The minimum atomic E-state index is 0.599. The van der Waals surface area contributed by atoms with Gasteiger partial charge in [-0.25, -0.2) is 0 Å². The molecular formula is C42H72. The van der Waals surface area contributed by atoms with Gasteiger partial charge in [0.15, 0.2) is 0 Å². The Hall–Kier alpha value is 0. The van der Waals surface area contributed by atoms with Gasteiger partial charge in [0.2, 0.25) is 0 Å². The van der Waals surface area contributed by atoms with Gasteiger partial charge in [-0.2, -0.15) is 0 Å². The first-order chi connectivity index (χ1) is 18.9. The molecular weight excluding hydrogens is 504 g/mol. The maximum Gasteiger partial charge on any atom is -0.0146 e. The lowest BCUT2D eigenvalue weighted by Gasteiger charge is -2.68. The van der Waals surface area contributed by atoms with E-state index in [0.29, 0.717) is 27.1 Å². The molecule has 14 fully saturated rings. The zero-order chi connectivity index (χ0) is 31.0. The third-order valence-electron chi connectivity index (χ3n) is 16.4. The molecule has 0 nitrogen and oxygen atoms in total. The highest BCUT2D eigenvalue weighted by Crippen LogP contribution is 3.13. The molecule has 0 radical (unpaired) electrons. The monoisotopic (exact) mass is 577 g/mol. The number of hydrogen-bond acceptors (Lipinski definition) is 0. The zero-order valence-electron chi connectivity index (χ0n) is 31.0. The van der Waals surface area contributed by atoms with Gasteiger partial charge in [0, 0.05) is 0 Å². The van der Waals surface area contributed by atoms with Crippen LogP contribution in [0.15, 0.2) is 0 Å². The van der Waals surface area contributed by atoms with Crippen molar-refractivity contribution < 1.29 is 0 Å². The Balaban J connectivity index is 0.0000000858. The van der Waals surface area contributed by atoms with Crippen LogP contribution in [0.1, 0.15) is 155 Å². The van der Waals surface area contributed by atoms with Crippen molar-refractivity contribution in [3.8, 4) is 0 Å². The molecule has 0 aliphatic heterocycles. The third-order valence-corrected chi connectivity index (χ3v) is 16.4. The van der Waals surface area contributed by atoms with E-state index in [1.165, 1.54) is 61.7 Å². The van der Waals surface area contributed by atoms with Crippen molar-refractivity contribution in [1.29, 1.82) is 0 Å². The summed E-state index contributed by atoms with van der Waals surface area (Å²) in [5.41, 5.74) is 5.73. The van der Waals surface area contributed by atoms with Crippen LogP contribution in [0.25, 0.3) is 0 Å². The summed E-state index contributed by atoms with van der Waals surface area (Å²) < 4.78 is 0. The predicted octanol–water partition coefficient (Wildman–Crippen LogP) is 12.2. The van der Waals surface area contributed by atoms with Gasteiger partial charge < -0.3 is 0 Å². The third kappa shape index (κ3) is 4.52. The van der Waals surface area contributed by atoms with E-state index in [2.05, 4.69) is 104 Å². The minimum Gasteiger partial charge on any atom is -0.0599 e. The summed E-state index contributed by atoms with van der Waals surface area (Å²) in [6.07, 6.45) is 12.4. The van der Waals surface area contributed by atoms with E-state index in [4.69, 9.17) is 0 Å². The highest BCUT2D eigenvalue weighted by atomic mass is 15.1. The summed E-state index contributed by atoms with van der Waals surface area (Å²) in [7, 11) is 0. The minimum absolute atomic E-state index is 0.599. The van der Waals surface area contributed by atoms with Crippen LogP contribution in [0, 0.1) is 108 Å². The number of fused-ring (bicyclic) bond motifs is 2. The first-order valence-electron chi connectivity index (χ1n) is 18.9. The van der Waals surface area contributed by atoms with Crippen LogP contribution in [-0.4, -0.2) is 0 Å². The molecule has 0 amide bonds. The van der Waals surface area contributed by atoms with Crippen molar-refractivity contribution in [2.75, 3.05) is 0 Å². The van der Waals surface area contributed by atoms with Crippen LogP contribution in [0.4, 0.5) is 0 Å². The molecule has 2 unspecified atom stereocenters. The van der Waals surface area contributed by atoms with Gasteiger partial charge in [-0.05, 0) is 160 Å². The summed E-state index contributed by atoms with van der Waals surface area (Å²) in [6.45, 7) is 35.7. The molecule has 14 rings (SSSR count). The van der Waals surface area contributed by atoms with Crippen LogP contribution >= 0.6 is 0 Å². The van der Waals surface area contributed by atoms with Gasteiger partial charge in [0.1, 0.15) is 0 Å². The Kier molecular flexibility index (Phi) is 6.04. The quantitative estimate of drug-likeness (QED) is 0.269. The van der Waals surface area contributed by atoms with E-state index in [0.717, 1.165) is 51.8 Å². The SMILES string of the molecule is CC(C)(C)C12C3C1C32.CC(C)(C)C12CC(C1)C2.CC(C)(C)C12CC1C2.CC(C)(C)C1C2CC1C2.CC(C)(C)C1C2CC21. The molecule has 240 valence electrons. The van der Waals surface area contributed by atoms with E-state index in [9.17, 15) is 0 Å². The van der Waals surface area contributed by atoms with E-state index < -0.39 is 0 Å². The van der Waals surface area contributed by atoms with Crippen molar-refractivity contribution >= 4 is 0 Å². The normalized spacial score (nSPS) is 53.4. The molecule has 0 spiro atoms. The molecule has 0 aromatic heterocycles. The summed E-state index contributed by atoms with van der Waals surface area (Å²) in [5, 5.41) is 0. The second-order valence-corrected chi connectivity index (χ2v) is 23.6. The van der Waals surface area contributed by atoms with Crippen LogP contribution < -0.4 is 0 Å². The first-order valence-corrected chi connectivity index (χ1v) is 18.9. The van der Waals surface area contributed by atoms with E-state index in [1.54, 1.807) is 19.3 Å². The van der Waals surface area contributed by atoms with Crippen molar-refractivity contribution in [2.45, 2.75) is 155 Å².